The van der Waals surface area contributed by atoms with Gasteiger partial charge in [-0.15, -0.1) is 0 Å². The SMILES string of the molecule is CC(C)/C=C/c1cc(/C=C/C(=O)O)cc(/C=C/C(C)C)c1. The van der Waals surface area contributed by atoms with Gasteiger partial charge in [-0.1, -0.05) is 52.0 Å². The van der Waals surface area contributed by atoms with Crippen LogP contribution in [0.15, 0.2) is 36.4 Å². The molecule has 1 aromatic rings. The van der Waals surface area contributed by atoms with Crippen LogP contribution in [0.3, 0.4) is 0 Å². The summed E-state index contributed by atoms with van der Waals surface area (Å²) in [6.07, 6.45) is 11.2. The van der Waals surface area contributed by atoms with Gasteiger partial charge in [-0.3, -0.25) is 0 Å². The van der Waals surface area contributed by atoms with Crippen molar-refractivity contribution in [3.8, 4) is 0 Å². The van der Waals surface area contributed by atoms with Crippen LogP contribution in [-0.2, 0) is 4.79 Å². The Balaban J connectivity index is 3.15. The van der Waals surface area contributed by atoms with Gasteiger partial charge in [0.15, 0.2) is 0 Å². The van der Waals surface area contributed by atoms with Crippen molar-refractivity contribution in [2.75, 3.05) is 0 Å². The number of hydrogen-bond donors (Lipinski definition) is 1. The first-order valence-corrected chi connectivity index (χ1v) is 7.29. The van der Waals surface area contributed by atoms with Crippen molar-refractivity contribution in [2.24, 2.45) is 11.8 Å². The summed E-state index contributed by atoms with van der Waals surface area (Å²) in [6.45, 7) is 8.52. The summed E-state index contributed by atoms with van der Waals surface area (Å²) in [4.78, 5) is 10.7. The largest absolute Gasteiger partial charge is 0.478 e. The maximum Gasteiger partial charge on any atom is 0.328 e. The predicted molar refractivity (Wildman–Crippen MR) is 90.9 cm³/mol. The second-order valence-electron chi connectivity index (χ2n) is 5.81. The Morgan fingerprint density at radius 2 is 1.24 bits per heavy atom. The Morgan fingerprint density at radius 3 is 1.57 bits per heavy atom. The van der Waals surface area contributed by atoms with Gasteiger partial charge in [0.1, 0.15) is 0 Å². The molecule has 1 aromatic carbocycles. The molecule has 1 N–H and O–H groups in total. The van der Waals surface area contributed by atoms with Crippen molar-refractivity contribution in [3.63, 3.8) is 0 Å². The molecule has 0 bridgehead atoms. The number of carboxylic acid groups (broad SMARTS) is 1. The van der Waals surface area contributed by atoms with Crippen LogP contribution in [0.5, 0.6) is 0 Å². The van der Waals surface area contributed by atoms with Gasteiger partial charge in [0.05, 0.1) is 0 Å². The van der Waals surface area contributed by atoms with Gasteiger partial charge in [0, 0.05) is 6.08 Å². The molecule has 0 atom stereocenters. The Kier molecular flexibility index (Phi) is 6.67. The number of aliphatic carboxylic acids is 1. The molecule has 0 aliphatic rings. The fourth-order valence-corrected chi connectivity index (χ4v) is 1.77. The van der Waals surface area contributed by atoms with Gasteiger partial charge < -0.3 is 5.11 Å². The smallest absolute Gasteiger partial charge is 0.328 e. The van der Waals surface area contributed by atoms with E-state index < -0.39 is 5.97 Å². The first-order chi connectivity index (χ1) is 9.86. The van der Waals surface area contributed by atoms with Gasteiger partial charge in [-0.05, 0) is 52.8 Å². The predicted octanol–water partition coefficient (Wildman–Crippen LogP) is 5.12. The van der Waals surface area contributed by atoms with Crippen molar-refractivity contribution >= 4 is 24.2 Å². The highest BCUT2D eigenvalue weighted by molar-refractivity contribution is 5.85. The highest BCUT2D eigenvalue weighted by Gasteiger charge is 1.98. The Labute approximate surface area is 127 Å². The second kappa shape index (κ2) is 8.25. The van der Waals surface area contributed by atoms with E-state index in [0.29, 0.717) is 11.8 Å². The Bertz CT molecular complexity index is 525. The molecule has 21 heavy (non-hydrogen) atoms. The van der Waals surface area contributed by atoms with Crippen LogP contribution in [0, 0.1) is 11.8 Å². The lowest BCUT2D eigenvalue weighted by Gasteiger charge is -2.03. The van der Waals surface area contributed by atoms with Crippen LogP contribution in [0.1, 0.15) is 44.4 Å². The molecular formula is C19H24O2. The fourth-order valence-electron chi connectivity index (χ4n) is 1.77. The van der Waals surface area contributed by atoms with Crippen LogP contribution in [0.25, 0.3) is 18.2 Å². The summed E-state index contributed by atoms with van der Waals surface area (Å²) < 4.78 is 0. The lowest BCUT2D eigenvalue weighted by molar-refractivity contribution is -0.131. The number of carboxylic acids is 1. The highest BCUT2D eigenvalue weighted by atomic mass is 16.4. The van der Waals surface area contributed by atoms with Crippen LogP contribution in [0.2, 0.25) is 0 Å². The number of allylic oxidation sites excluding steroid dienone is 2. The van der Waals surface area contributed by atoms with Crippen LogP contribution in [0.4, 0.5) is 0 Å². The van der Waals surface area contributed by atoms with E-state index in [-0.39, 0.29) is 0 Å². The lowest BCUT2D eigenvalue weighted by atomic mass is 10.0. The molecule has 0 heterocycles. The molecule has 0 radical (unpaired) electrons. The molecule has 0 aliphatic carbocycles. The van der Waals surface area contributed by atoms with E-state index in [1.807, 2.05) is 12.1 Å². The minimum Gasteiger partial charge on any atom is -0.478 e. The molecule has 0 fully saturated rings. The number of benzene rings is 1. The molecule has 1 rings (SSSR count). The zero-order valence-electron chi connectivity index (χ0n) is 13.2. The molecule has 0 unspecified atom stereocenters. The summed E-state index contributed by atoms with van der Waals surface area (Å²) in [7, 11) is 0. The molecule has 112 valence electrons. The first-order valence-electron chi connectivity index (χ1n) is 7.29. The Hall–Kier alpha value is -2.09. The van der Waals surface area contributed by atoms with Gasteiger partial charge in [0.2, 0.25) is 0 Å². The maximum atomic E-state index is 10.7. The summed E-state index contributed by atoms with van der Waals surface area (Å²) in [6, 6.07) is 6.09. The van der Waals surface area contributed by atoms with E-state index in [0.717, 1.165) is 16.7 Å². The van der Waals surface area contributed by atoms with Crippen molar-refractivity contribution in [2.45, 2.75) is 27.7 Å². The molecule has 0 aromatic heterocycles. The number of carbonyl (C=O) groups is 1. The monoisotopic (exact) mass is 284 g/mol. The summed E-state index contributed by atoms with van der Waals surface area (Å²) >= 11 is 0. The molecule has 2 heteroatoms. The average molecular weight is 284 g/mol. The van der Waals surface area contributed by atoms with Gasteiger partial charge >= 0.3 is 5.97 Å². The first kappa shape index (κ1) is 17.0. The van der Waals surface area contributed by atoms with Crippen LogP contribution < -0.4 is 0 Å². The lowest BCUT2D eigenvalue weighted by Crippen LogP contribution is -1.87. The third kappa shape index (κ3) is 7.31. The summed E-state index contributed by atoms with van der Waals surface area (Å²) in [5.74, 6) is 0.0353. The van der Waals surface area contributed by atoms with Crippen molar-refractivity contribution in [1.82, 2.24) is 0 Å². The van der Waals surface area contributed by atoms with Crippen molar-refractivity contribution < 1.29 is 9.90 Å². The van der Waals surface area contributed by atoms with Crippen molar-refractivity contribution in [1.29, 1.82) is 0 Å². The normalized spacial score (nSPS) is 12.5. The molecule has 0 amide bonds. The van der Waals surface area contributed by atoms with E-state index >= 15 is 0 Å². The topological polar surface area (TPSA) is 37.3 Å². The third-order valence-corrected chi connectivity index (χ3v) is 2.77. The van der Waals surface area contributed by atoms with Crippen LogP contribution >= 0.6 is 0 Å². The highest BCUT2D eigenvalue weighted by Crippen LogP contribution is 2.16. The maximum absolute atomic E-state index is 10.7. The van der Waals surface area contributed by atoms with E-state index in [9.17, 15) is 4.79 Å². The van der Waals surface area contributed by atoms with E-state index in [1.165, 1.54) is 6.08 Å². The second-order valence-corrected chi connectivity index (χ2v) is 5.81. The number of hydrogen-bond acceptors (Lipinski definition) is 1. The summed E-state index contributed by atoms with van der Waals surface area (Å²) in [5.41, 5.74) is 3.06. The molecule has 0 saturated heterocycles. The molecule has 0 saturated carbocycles. The molecular weight excluding hydrogens is 260 g/mol. The Morgan fingerprint density at radius 1 is 0.857 bits per heavy atom. The average Bonchev–Trinajstić information content (AvgIpc) is 2.40. The number of rotatable bonds is 6. The zero-order chi connectivity index (χ0) is 15.8. The van der Waals surface area contributed by atoms with E-state index in [1.54, 1.807) is 6.08 Å². The van der Waals surface area contributed by atoms with Gasteiger partial charge in [0.25, 0.3) is 0 Å². The molecule has 2 nitrogen and oxygen atoms in total. The fraction of sp³-hybridized carbons (Fsp3) is 0.316. The third-order valence-electron chi connectivity index (χ3n) is 2.77. The van der Waals surface area contributed by atoms with E-state index in [2.05, 4.69) is 58.1 Å². The van der Waals surface area contributed by atoms with Crippen LogP contribution in [-0.4, -0.2) is 11.1 Å². The minimum absolute atomic E-state index is 0.484. The minimum atomic E-state index is -0.933. The van der Waals surface area contributed by atoms with Crippen molar-refractivity contribution in [3.05, 3.63) is 53.1 Å². The quantitative estimate of drug-likeness (QED) is 0.736. The van der Waals surface area contributed by atoms with Gasteiger partial charge in [-0.25, -0.2) is 4.79 Å². The molecule has 0 aliphatic heterocycles. The zero-order valence-corrected chi connectivity index (χ0v) is 13.2. The summed E-state index contributed by atoms with van der Waals surface area (Å²) in [5, 5.41) is 8.75. The van der Waals surface area contributed by atoms with E-state index in [4.69, 9.17) is 5.11 Å². The molecule has 0 spiro atoms. The standard InChI is InChI=1S/C19H24O2/c1-14(2)5-7-16-11-17(8-6-15(3)4)13-18(12-16)9-10-19(20)21/h5-15H,1-4H3,(H,20,21)/b7-5+,8-6+,10-9+. The van der Waals surface area contributed by atoms with Gasteiger partial charge in [-0.2, -0.15) is 0 Å².